The minimum absolute atomic E-state index is 0.0352. The highest BCUT2D eigenvalue weighted by molar-refractivity contribution is 7.90. The standard InChI is InChI=1S/C23H26N2O5S/c26-23(27)18-5-8-21(9-6-18)31(28,29)25-15-11-19-17-20(7-10-22(19)25)30-16-4-14-24-12-2-1-3-13-24/h5-11,15,17H,1-4,12-14,16H2,(H,26,27). The highest BCUT2D eigenvalue weighted by Gasteiger charge is 2.19. The van der Waals surface area contributed by atoms with Crippen LogP contribution >= 0.6 is 0 Å². The molecule has 2 aromatic carbocycles. The van der Waals surface area contributed by atoms with Gasteiger partial charge in [-0.2, -0.15) is 0 Å². The summed E-state index contributed by atoms with van der Waals surface area (Å²) in [5.74, 6) is -0.383. The van der Waals surface area contributed by atoms with Gasteiger partial charge in [0.25, 0.3) is 10.0 Å². The van der Waals surface area contributed by atoms with E-state index in [2.05, 4.69) is 4.90 Å². The van der Waals surface area contributed by atoms with Crippen LogP contribution in [0.4, 0.5) is 0 Å². The van der Waals surface area contributed by atoms with Crippen LogP contribution in [0, 0.1) is 0 Å². The first-order chi connectivity index (χ1) is 14.9. The third kappa shape index (κ3) is 4.75. The summed E-state index contributed by atoms with van der Waals surface area (Å²) in [4.78, 5) is 13.5. The Morgan fingerprint density at radius 1 is 1.00 bits per heavy atom. The van der Waals surface area contributed by atoms with Crippen molar-refractivity contribution in [2.75, 3.05) is 26.2 Å². The SMILES string of the molecule is O=C(O)c1ccc(S(=O)(=O)n2ccc3cc(OCCCN4CCCCC4)ccc32)cc1. The van der Waals surface area contributed by atoms with Crippen molar-refractivity contribution in [3.8, 4) is 5.75 Å². The van der Waals surface area contributed by atoms with Gasteiger partial charge in [-0.3, -0.25) is 0 Å². The van der Waals surface area contributed by atoms with Crippen molar-refractivity contribution in [2.45, 2.75) is 30.6 Å². The van der Waals surface area contributed by atoms with E-state index in [0.717, 1.165) is 18.4 Å². The predicted octanol–water partition coefficient (Wildman–Crippen LogP) is 3.83. The van der Waals surface area contributed by atoms with Gasteiger partial charge >= 0.3 is 5.97 Å². The van der Waals surface area contributed by atoms with E-state index in [1.165, 1.54) is 66.8 Å². The molecule has 0 amide bonds. The van der Waals surface area contributed by atoms with Gasteiger partial charge in [0.15, 0.2) is 0 Å². The van der Waals surface area contributed by atoms with Crippen molar-refractivity contribution in [1.82, 2.24) is 8.87 Å². The topological polar surface area (TPSA) is 88.8 Å². The number of benzene rings is 2. The molecule has 0 bridgehead atoms. The summed E-state index contributed by atoms with van der Waals surface area (Å²) in [6.45, 7) is 4.01. The Balaban J connectivity index is 1.44. The normalized spacial score (nSPS) is 15.2. The molecular formula is C23H26N2O5S. The molecule has 1 fully saturated rings. The van der Waals surface area contributed by atoms with Gasteiger partial charge in [0.05, 0.1) is 22.6 Å². The van der Waals surface area contributed by atoms with Crippen LogP contribution in [-0.2, 0) is 10.0 Å². The molecule has 1 aliphatic rings. The second-order valence-electron chi connectivity index (χ2n) is 7.77. The number of piperidine rings is 1. The molecule has 0 aliphatic carbocycles. The van der Waals surface area contributed by atoms with Crippen LogP contribution in [0.15, 0.2) is 59.6 Å². The molecule has 8 heteroatoms. The zero-order chi connectivity index (χ0) is 21.8. The summed E-state index contributed by atoms with van der Waals surface area (Å²) >= 11 is 0. The van der Waals surface area contributed by atoms with Gasteiger partial charge in [-0.25, -0.2) is 17.2 Å². The molecule has 1 aromatic heterocycles. The van der Waals surface area contributed by atoms with E-state index in [9.17, 15) is 13.2 Å². The highest BCUT2D eigenvalue weighted by atomic mass is 32.2. The molecule has 164 valence electrons. The average molecular weight is 443 g/mol. The van der Waals surface area contributed by atoms with Crippen LogP contribution in [0.2, 0.25) is 0 Å². The molecule has 3 aromatic rings. The van der Waals surface area contributed by atoms with Crippen LogP contribution in [0.5, 0.6) is 5.75 Å². The van der Waals surface area contributed by atoms with Crippen molar-refractivity contribution in [2.24, 2.45) is 0 Å². The Hall–Kier alpha value is -2.84. The Kier molecular flexibility index (Phi) is 6.29. The van der Waals surface area contributed by atoms with Gasteiger partial charge in [0.2, 0.25) is 0 Å². The first-order valence-corrected chi connectivity index (χ1v) is 11.9. The summed E-state index contributed by atoms with van der Waals surface area (Å²) in [5, 5.41) is 9.77. The van der Waals surface area contributed by atoms with E-state index >= 15 is 0 Å². The van der Waals surface area contributed by atoms with Gasteiger partial charge in [-0.1, -0.05) is 6.42 Å². The zero-order valence-corrected chi connectivity index (χ0v) is 18.1. The number of likely N-dealkylation sites (tertiary alicyclic amines) is 1. The maximum Gasteiger partial charge on any atom is 0.335 e. The molecular weight excluding hydrogens is 416 g/mol. The molecule has 31 heavy (non-hydrogen) atoms. The van der Waals surface area contributed by atoms with Crippen LogP contribution < -0.4 is 4.74 Å². The molecule has 0 spiro atoms. The van der Waals surface area contributed by atoms with Crippen molar-refractivity contribution in [1.29, 1.82) is 0 Å². The summed E-state index contributed by atoms with van der Waals surface area (Å²) < 4.78 is 33.1. The number of carboxylic acid groups (broad SMARTS) is 1. The first-order valence-electron chi connectivity index (χ1n) is 10.5. The van der Waals surface area contributed by atoms with E-state index in [4.69, 9.17) is 9.84 Å². The summed E-state index contributed by atoms with van der Waals surface area (Å²) in [6, 6.07) is 12.3. The van der Waals surface area contributed by atoms with Gasteiger partial charge in [-0.15, -0.1) is 0 Å². The van der Waals surface area contributed by atoms with Crippen molar-refractivity contribution in [3.05, 3.63) is 60.3 Å². The minimum atomic E-state index is -3.83. The smallest absolute Gasteiger partial charge is 0.335 e. The van der Waals surface area contributed by atoms with Crippen LogP contribution in [0.1, 0.15) is 36.0 Å². The highest BCUT2D eigenvalue weighted by Crippen LogP contribution is 2.26. The van der Waals surface area contributed by atoms with E-state index < -0.39 is 16.0 Å². The zero-order valence-electron chi connectivity index (χ0n) is 17.2. The van der Waals surface area contributed by atoms with E-state index in [0.29, 0.717) is 17.9 Å². The second kappa shape index (κ2) is 9.11. The molecule has 0 atom stereocenters. The monoisotopic (exact) mass is 442 g/mol. The maximum absolute atomic E-state index is 13.0. The lowest BCUT2D eigenvalue weighted by Gasteiger charge is -2.26. The fourth-order valence-electron chi connectivity index (χ4n) is 3.94. The number of nitrogens with zero attached hydrogens (tertiary/aromatic N) is 2. The second-order valence-corrected chi connectivity index (χ2v) is 9.59. The third-order valence-corrected chi connectivity index (χ3v) is 7.32. The van der Waals surface area contributed by atoms with Crippen LogP contribution in [0.25, 0.3) is 10.9 Å². The molecule has 0 radical (unpaired) electrons. The van der Waals surface area contributed by atoms with E-state index in [1.54, 1.807) is 18.2 Å². The Morgan fingerprint density at radius 2 is 1.74 bits per heavy atom. The lowest BCUT2D eigenvalue weighted by Crippen LogP contribution is -2.31. The van der Waals surface area contributed by atoms with Crippen molar-refractivity contribution in [3.63, 3.8) is 0 Å². The first kappa shape index (κ1) is 21.4. The number of carbonyl (C=O) groups is 1. The molecule has 0 unspecified atom stereocenters. The molecule has 2 heterocycles. The number of rotatable bonds is 8. The molecule has 0 saturated carbocycles. The Bertz CT molecular complexity index is 1160. The fourth-order valence-corrected chi connectivity index (χ4v) is 5.29. The summed E-state index contributed by atoms with van der Waals surface area (Å²) in [5.41, 5.74) is 0.585. The van der Waals surface area contributed by atoms with Gasteiger partial charge in [0.1, 0.15) is 5.75 Å². The van der Waals surface area contributed by atoms with Gasteiger partial charge in [0, 0.05) is 18.1 Å². The number of aromatic nitrogens is 1. The quantitative estimate of drug-likeness (QED) is 0.534. The number of hydrogen-bond donors (Lipinski definition) is 1. The molecule has 1 aliphatic heterocycles. The van der Waals surface area contributed by atoms with E-state index in [1.807, 2.05) is 6.07 Å². The number of hydrogen-bond acceptors (Lipinski definition) is 5. The van der Waals surface area contributed by atoms with Crippen molar-refractivity contribution >= 4 is 26.9 Å². The number of ether oxygens (including phenoxy) is 1. The largest absolute Gasteiger partial charge is 0.494 e. The number of aromatic carboxylic acids is 1. The van der Waals surface area contributed by atoms with Crippen molar-refractivity contribution < 1.29 is 23.1 Å². The average Bonchev–Trinajstić information content (AvgIpc) is 3.22. The summed E-state index contributed by atoms with van der Waals surface area (Å²) in [6.07, 6.45) is 6.35. The summed E-state index contributed by atoms with van der Waals surface area (Å²) in [7, 11) is -3.83. The van der Waals surface area contributed by atoms with Crippen LogP contribution in [0.3, 0.4) is 0 Å². The van der Waals surface area contributed by atoms with Crippen LogP contribution in [-0.4, -0.2) is 54.6 Å². The lowest BCUT2D eigenvalue weighted by molar-refractivity contribution is 0.0696. The maximum atomic E-state index is 13.0. The predicted molar refractivity (Wildman–Crippen MR) is 118 cm³/mol. The minimum Gasteiger partial charge on any atom is -0.494 e. The fraction of sp³-hybridized carbons (Fsp3) is 0.348. The lowest BCUT2D eigenvalue weighted by atomic mass is 10.1. The molecule has 1 N–H and O–H groups in total. The third-order valence-electron chi connectivity index (χ3n) is 5.62. The Labute approximate surface area is 181 Å². The molecule has 7 nitrogen and oxygen atoms in total. The number of fused-ring (bicyclic) bond motifs is 1. The molecule has 4 rings (SSSR count). The number of carboxylic acids is 1. The van der Waals surface area contributed by atoms with Gasteiger partial charge < -0.3 is 14.7 Å². The molecule has 1 saturated heterocycles. The van der Waals surface area contributed by atoms with Gasteiger partial charge in [-0.05, 0) is 80.9 Å². The van der Waals surface area contributed by atoms with E-state index in [-0.39, 0.29) is 10.5 Å². The Morgan fingerprint density at radius 3 is 2.45 bits per heavy atom.